The van der Waals surface area contributed by atoms with Crippen LogP contribution in [-0.4, -0.2) is 36.9 Å². The molecule has 14 heavy (non-hydrogen) atoms. The topological polar surface area (TPSA) is 58.6 Å². The van der Waals surface area contributed by atoms with Crippen LogP contribution in [0.2, 0.25) is 0 Å². The molecule has 1 saturated heterocycles. The zero-order valence-corrected chi connectivity index (χ0v) is 8.50. The predicted octanol–water partition coefficient (Wildman–Crippen LogP) is 0.444. The van der Waals surface area contributed by atoms with Gasteiger partial charge in [0.05, 0.1) is 0 Å². The van der Waals surface area contributed by atoms with Crippen molar-refractivity contribution >= 4 is 5.91 Å². The standard InChI is InChI=1S/C10H19NO3/c12-7-3-1-2-6-11-10(13)9-5-4-8-14-9/h9,12H,1-8H2,(H,11,13)/t9-/m0/s1. The molecule has 82 valence electrons. The van der Waals surface area contributed by atoms with Crippen LogP contribution < -0.4 is 5.32 Å². The lowest BCUT2D eigenvalue weighted by molar-refractivity contribution is -0.130. The fourth-order valence-corrected chi connectivity index (χ4v) is 1.52. The number of unbranched alkanes of at least 4 members (excludes halogenated alkanes) is 2. The molecule has 1 fully saturated rings. The second-order valence-corrected chi connectivity index (χ2v) is 3.58. The molecular formula is C10H19NO3. The summed E-state index contributed by atoms with van der Waals surface area (Å²) in [5.41, 5.74) is 0. The lowest BCUT2D eigenvalue weighted by Crippen LogP contribution is -2.34. The Morgan fingerprint density at radius 2 is 2.29 bits per heavy atom. The first-order valence-electron chi connectivity index (χ1n) is 5.35. The molecule has 0 aliphatic carbocycles. The van der Waals surface area contributed by atoms with E-state index in [2.05, 4.69) is 5.32 Å². The molecule has 1 rings (SSSR count). The largest absolute Gasteiger partial charge is 0.396 e. The second kappa shape index (κ2) is 6.79. The van der Waals surface area contributed by atoms with Gasteiger partial charge in [-0.05, 0) is 32.1 Å². The molecule has 2 N–H and O–H groups in total. The number of rotatable bonds is 6. The number of hydrogen-bond donors (Lipinski definition) is 2. The van der Waals surface area contributed by atoms with Crippen LogP contribution in [-0.2, 0) is 9.53 Å². The SMILES string of the molecule is O=C(NCCCCCO)[C@@H]1CCCO1. The molecule has 0 aromatic rings. The smallest absolute Gasteiger partial charge is 0.249 e. The zero-order chi connectivity index (χ0) is 10.2. The Bertz CT molecular complexity index is 167. The van der Waals surface area contributed by atoms with Crippen LogP contribution in [0, 0.1) is 0 Å². The van der Waals surface area contributed by atoms with E-state index in [0.717, 1.165) is 32.1 Å². The van der Waals surface area contributed by atoms with E-state index in [4.69, 9.17) is 9.84 Å². The van der Waals surface area contributed by atoms with Crippen LogP contribution >= 0.6 is 0 Å². The van der Waals surface area contributed by atoms with Crippen LogP contribution in [0.3, 0.4) is 0 Å². The first-order chi connectivity index (χ1) is 6.84. The fourth-order valence-electron chi connectivity index (χ4n) is 1.52. The highest BCUT2D eigenvalue weighted by atomic mass is 16.5. The Kier molecular flexibility index (Phi) is 5.56. The Morgan fingerprint density at radius 3 is 2.93 bits per heavy atom. The van der Waals surface area contributed by atoms with Gasteiger partial charge < -0.3 is 15.2 Å². The zero-order valence-electron chi connectivity index (χ0n) is 8.50. The van der Waals surface area contributed by atoms with Crippen LogP contribution in [0.15, 0.2) is 0 Å². The van der Waals surface area contributed by atoms with E-state index in [-0.39, 0.29) is 18.6 Å². The highest BCUT2D eigenvalue weighted by Crippen LogP contribution is 2.11. The molecule has 0 radical (unpaired) electrons. The molecule has 1 aliphatic heterocycles. The minimum absolute atomic E-state index is 0.0199. The summed E-state index contributed by atoms with van der Waals surface area (Å²) in [6.07, 6.45) is 4.33. The lowest BCUT2D eigenvalue weighted by Gasteiger charge is -2.09. The molecule has 0 aromatic carbocycles. The van der Waals surface area contributed by atoms with E-state index in [1.165, 1.54) is 0 Å². The molecule has 0 saturated carbocycles. The maximum Gasteiger partial charge on any atom is 0.249 e. The molecule has 0 unspecified atom stereocenters. The van der Waals surface area contributed by atoms with Crippen molar-refractivity contribution in [2.75, 3.05) is 19.8 Å². The van der Waals surface area contributed by atoms with Gasteiger partial charge in [0.1, 0.15) is 6.10 Å². The van der Waals surface area contributed by atoms with Crippen molar-refractivity contribution in [1.29, 1.82) is 0 Å². The number of amides is 1. The Morgan fingerprint density at radius 1 is 1.43 bits per heavy atom. The van der Waals surface area contributed by atoms with Gasteiger partial charge in [-0.1, -0.05) is 0 Å². The average Bonchev–Trinajstić information content (AvgIpc) is 2.70. The van der Waals surface area contributed by atoms with Crippen molar-refractivity contribution in [2.24, 2.45) is 0 Å². The van der Waals surface area contributed by atoms with Gasteiger partial charge in [-0.2, -0.15) is 0 Å². The average molecular weight is 201 g/mol. The van der Waals surface area contributed by atoms with Gasteiger partial charge in [0.15, 0.2) is 0 Å². The van der Waals surface area contributed by atoms with E-state index in [0.29, 0.717) is 13.2 Å². The normalized spacial score (nSPS) is 21.1. The predicted molar refractivity (Wildman–Crippen MR) is 52.9 cm³/mol. The number of hydrogen-bond acceptors (Lipinski definition) is 3. The van der Waals surface area contributed by atoms with Crippen molar-refractivity contribution in [1.82, 2.24) is 5.32 Å². The highest BCUT2D eigenvalue weighted by Gasteiger charge is 2.22. The molecule has 0 spiro atoms. The summed E-state index contributed by atoms with van der Waals surface area (Å²) < 4.78 is 5.24. The van der Waals surface area contributed by atoms with E-state index >= 15 is 0 Å². The number of ether oxygens (including phenoxy) is 1. The molecule has 4 nitrogen and oxygen atoms in total. The van der Waals surface area contributed by atoms with Crippen molar-refractivity contribution in [3.05, 3.63) is 0 Å². The van der Waals surface area contributed by atoms with Gasteiger partial charge in [0.25, 0.3) is 0 Å². The first-order valence-corrected chi connectivity index (χ1v) is 5.35. The van der Waals surface area contributed by atoms with Crippen LogP contribution in [0.4, 0.5) is 0 Å². The lowest BCUT2D eigenvalue weighted by atomic mass is 10.2. The summed E-state index contributed by atoms with van der Waals surface area (Å²) >= 11 is 0. The van der Waals surface area contributed by atoms with E-state index in [1.807, 2.05) is 0 Å². The van der Waals surface area contributed by atoms with Crippen LogP contribution in [0.25, 0.3) is 0 Å². The highest BCUT2D eigenvalue weighted by molar-refractivity contribution is 5.80. The number of aliphatic hydroxyl groups excluding tert-OH is 1. The maximum atomic E-state index is 11.4. The summed E-state index contributed by atoms with van der Waals surface area (Å²) in [4.78, 5) is 11.4. The Balaban J connectivity index is 1.97. The molecule has 1 atom stereocenters. The fraction of sp³-hybridized carbons (Fsp3) is 0.900. The first kappa shape index (κ1) is 11.5. The van der Waals surface area contributed by atoms with E-state index < -0.39 is 0 Å². The van der Waals surface area contributed by atoms with E-state index in [1.54, 1.807) is 0 Å². The van der Waals surface area contributed by atoms with Gasteiger partial charge >= 0.3 is 0 Å². The number of carbonyl (C=O) groups excluding carboxylic acids is 1. The summed E-state index contributed by atoms with van der Waals surface area (Å²) in [6.45, 7) is 1.64. The number of nitrogens with one attached hydrogen (secondary N) is 1. The summed E-state index contributed by atoms with van der Waals surface area (Å²) in [7, 11) is 0. The van der Waals surface area contributed by atoms with Gasteiger partial charge in [-0.15, -0.1) is 0 Å². The van der Waals surface area contributed by atoms with Gasteiger partial charge in [-0.25, -0.2) is 0 Å². The Labute approximate surface area is 84.6 Å². The molecule has 0 aromatic heterocycles. The number of carbonyl (C=O) groups is 1. The molecular weight excluding hydrogens is 182 g/mol. The van der Waals surface area contributed by atoms with Crippen LogP contribution in [0.5, 0.6) is 0 Å². The second-order valence-electron chi connectivity index (χ2n) is 3.58. The molecule has 1 amide bonds. The van der Waals surface area contributed by atoms with Crippen LogP contribution in [0.1, 0.15) is 32.1 Å². The van der Waals surface area contributed by atoms with Gasteiger partial charge in [0.2, 0.25) is 5.91 Å². The minimum Gasteiger partial charge on any atom is -0.396 e. The quantitative estimate of drug-likeness (QED) is 0.613. The monoisotopic (exact) mass is 201 g/mol. The van der Waals surface area contributed by atoms with Gasteiger partial charge in [-0.3, -0.25) is 4.79 Å². The van der Waals surface area contributed by atoms with Gasteiger partial charge in [0, 0.05) is 19.8 Å². The van der Waals surface area contributed by atoms with Crippen molar-refractivity contribution in [2.45, 2.75) is 38.2 Å². The molecule has 0 bridgehead atoms. The van der Waals surface area contributed by atoms with Crippen molar-refractivity contribution in [3.8, 4) is 0 Å². The molecule has 4 heteroatoms. The Hall–Kier alpha value is -0.610. The minimum atomic E-state index is -0.215. The summed E-state index contributed by atoms with van der Waals surface area (Å²) in [6, 6.07) is 0. The summed E-state index contributed by atoms with van der Waals surface area (Å²) in [5, 5.41) is 11.4. The molecule has 1 heterocycles. The van der Waals surface area contributed by atoms with Crippen molar-refractivity contribution in [3.63, 3.8) is 0 Å². The third-order valence-electron chi connectivity index (χ3n) is 2.36. The third-order valence-corrected chi connectivity index (χ3v) is 2.36. The van der Waals surface area contributed by atoms with E-state index in [9.17, 15) is 4.79 Å². The molecule has 1 aliphatic rings. The third kappa shape index (κ3) is 4.07. The van der Waals surface area contributed by atoms with Crippen molar-refractivity contribution < 1.29 is 14.6 Å². The summed E-state index contributed by atoms with van der Waals surface area (Å²) in [5.74, 6) is 0.0199. The number of aliphatic hydroxyl groups is 1. The maximum absolute atomic E-state index is 11.4.